The van der Waals surface area contributed by atoms with Gasteiger partial charge in [-0.1, -0.05) is 0 Å². The normalized spacial score (nSPS) is 11.6. The molecule has 0 aliphatic carbocycles. The molecule has 0 bridgehead atoms. The number of esters is 1. The molecule has 1 aromatic carbocycles. The van der Waals surface area contributed by atoms with Gasteiger partial charge in [-0.25, -0.2) is 0 Å². The van der Waals surface area contributed by atoms with E-state index in [2.05, 4.69) is 38.0 Å². The van der Waals surface area contributed by atoms with Gasteiger partial charge in [0.2, 0.25) is 0 Å². The number of nitrogens with one attached hydrogen (secondary N) is 2. The van der Waals surface area contributed by atoms with Gasteiger partial charge < -0.3 is 15.4 Å². The number of halogens is 1. The van der Waals surface area contributed by atoms with Crippen LogP contribution < -0.4 is 10.6 Å². The van der Waals surface area contributed by atoms with E-state index in [1.165, 1.54) is 7.11 Å². The largest absolute Gasteiger partial charge is 0.469 e. The predicted molar refractivity (Wildman–Crippen MR) is 82.3 cm³/mol. The van der Waals surface area contributed by atoms with Crippen LogP contribution in [-0.4, -0.2) is 32.1 Å². The summed E-state index contributed by atoms with van der Waals surface area (Å²) in [5.41, 5.74) is 1.31. The van der Waals surface area contributed by atoms with Crippen LogP contribution in [0.3, 0.4) is 0 Å². The van der Waals surface area contributed by atoms with Gasteiger partial charge in [0.25, 0.3) is 5.91 Å². The van der Waals surface area contributed by atoms with Crippen molar-refractivity contribution in [1.29, 1.82) is 0 Å². The van der Waals surface area contributed by atoms with Crippen LogP contribution in [-0.2, 0) is 9.53 Å². The van der Waals surface area contributed by atoms with Crippen LogP contribution in [0.5, 0.6) is 0 Å². The maximum atomic E-state index is 12.2. The van der Waals surface area contributed by atoms with Crippen molar-refractivity contribution in [1.82, 2.24) is 5.32 Å². The average molecular weight is 376 g/mol. The Balaban J connectivity index is 2.77. The number of hydrogen-bond acceptors (Lipinski definition) is 4. The van der Waals surface area contributed by atoms with Crippen molar-refractivity contribution < 1.29 is 14.3 Å². The summed E-state index contributed by atoms with van der Waals surface area (Å²) in [5.74, 6) is -0.552. The molecule has 0 radical (unpaired) electrons. The fraction of sp³-hybridized carbons (Fsp3) is 0.385. The van der Waals surface area contributed by atoms with E-state index in [0.717, 1.165) is 9.26 Å². The van der Waals surface area contributed by atoms with Crippen LogP contribution >= 0.6 is 22.6 Å². The number of amides is 1. The van der Waals surface area contributed by atoms with Crippen molar-refractivity contribution in [2.24, 2.45) is 0 Å². The van der Waals surface area contributed by atoms with Gasteiger partial charge in [0, 0.05) is 22.3 Å². The molecule has 19 heavy (non-hydrogen) atoms. The Morgan fingerprint density at radius 2 is 2.11 bits per heavy atom. The van der Waals surface area contributed by atoms with Crippen LogP contribution in [0.15, 0.2) is 18.2 Å². The van der Waals surface area contributed by atoms with Gasteiger partial charge >= 0.3 is 5.97 Å². The second-order valence-corrected chi connectivity index (χ2v) is 5.34. The fourth-order valence-electron chi connectivity index (χ4n) is 1.61. The van der Waals surface area contributed by atoms with E-state index in [0.29, 0.717) is 5.56 Å². The molecule has 6 heteroatoms. The Morgan fingerprint density at radius 1 is 1.42 bits per heavy atom. The highest BCUT2D eigenvalue weighted by atomic mass is 127. The van der Waals surface area contributed by atoms with Crippen molar-refractivity contribution >= 4 is 40.2 Å². The zero-order valence-electron chi connectivity index (χ0n) is 11.1. The second kappa shape index (κ2) is 7.32. The Kier molecular flexibility index (Phi) is 6.07. The SMILES string of the molecule is CNc1ccc(I)cc1C(=O)NC(C)CC(=O)OC. The number of carbonyl (C=O) groups is 2. The number of benzene rings is 1. The van der Waals surface area contributed by atoms with E-state index >= 15 is 0 Å². The minimum absolute atomic E-state index is 0.154. The predicted octanol–water partition coefficient (Wildman–Crippen LogP) is 2.01. The monoisotopic (exact) mass is 376 g/mol. The smallest absolute Gasteiger partial charge is 0.307 e. The first-order chi connectivity index (χ1) is 8.97. The van der Waals surface area contributed by atoms with E-state index in [-0.39, 0.29) is 24.3 Å². The summed E-state index contributed by atoms with van der Waals surface area (Å²) in [4.78, 5) is 23.3. The summed E-state index contributed by atoms with van der Waals surface area (Å²) in [6.45, 7) is 1.77. The van der Waals surface area contributed by atoms with Gasteiger partial charge in [0.1, 0.15) is 0 Å². The lowest BCUT2D eigenvalue weighted by Gasteiger charge is -2.15. The molecule has 0 fully saturated rings. The minimum Gasteiger partial charge on any atom is -0.469 e. The van der Waals surface area contributed by atoms with Crippen LogP contribution in [0.1, 0.15) is 23.7 Å². The molecule has 5 nitrogen and oxygen atoms in total. The summed E-state index contributed by atoms with van der Waals surface area (Å²) in [5, 5.41) is 5.75. The molecule has 1 rings (SSSR count). The quantitative estimate of drug-likeness (QED) is 0.610. The van der Waals surface area contributed by atoms with Crippen molar-refractivity contribution in [3.05, 3.63) is 27.3 Å². The highest BCUT2D eigenvalue weighted by Gasteiger charge is 2.16. The first kappa shape index (κ1) is 15.7. The first-order valence-electron chi connectivity index (χ1n) is 5.83. The molecule has 2 N–H and O–H groups in total. The molecule has 0 saturated heterocycles. The lowest BCUT2D eigenvalue weighted by Crippen LogP contribution is -2.34. The number of ether oxygens (including phenoxy) is 1. The van der Waals surface area contributed by atoms with Gasteiger partial charge in [0.05, 0.1) is 19.1 Å². The number of anilines is 1. The van der Waals surface area contributed by atoms with E-state index < -0.39 is 0 Å². The van der Waals surface area contributed by atoms with Crippen molar-refractivity contribution in [3.8, 4) is 0 Å². The van der Waals surface area contributed by atoms with Crippen molar-refractivity contribution in [2.45, 2.75) is 19.4 Å². The zero-order valence-corrected chi connectivity index (χ0v) is 13.3. The highest BCUT2D eigenvalue weighted by Crippen LogP contribution is 2.18. The molecule has 1 aromatic rings. The van der Waals surface area contributed by atoms with Crippen LogP contribution in [0.25, 0.3) is 0 Å². The van der Waals surface area contributed by atoms with E-state index in [9.17, 15) is 9.59 Å². The molecule has 1 unspecified atom stereocenters. The number of hydrogen-bond donors (Lipinski definition) is 2. The standard InChI is InChI=1S/C13H17IN2O3/c1-8(6-12(17)19-3)16-13(18)10-7-9(14)4-5-11(10)15-2/h4-5,7-8,15H,6H2,1-3H3,(H,16,18). The van der Waals surface area contributed by atoms with E-state index in [1.807, 2.05) is 12.1 Å². The summed E-state index contributed by atoms with van der Waals surface area (Å²) in [7, 11) is 3.09. The Morgan fingerprint density at radius 3 is 2.68 bits per heavy atom. The molecular formula is C13H17IN2O3. The molecule has 0 spiro atoms. The third-order valence-electron chi connectivity index (χ3n) is 2.57. The maximum Gasteiger partial charge on any atom is 0.307 e. The first-order valence-corrected chi connectivity index (χ1v) is 6.90. The topological polar surface area (TPSA) is 67.4 Å². The second-order valence-electron chi connectivity index (χ2n) is 4.09. The van der Waals surface area contributed by atoms with E-state index in [1.54, 1.807) is 20.0 Å². The van der Waals surface area contributed by atoms with Gasteiger partial charge in [-0.2, -0.15) is 0 Å². The molecule has 0 saturated carbocycles. The molecule has 104 valence electrons. The third-order valence-corrected chi connectivity index (χ3v) is 3.24. The van der Waals surface area contributed by atoms with Crippen LogP contribution in [0.2, 0.25) is 0 Å². The number of rotatable bonds is 5. The third kappa shape index (κ3) is 4.70. The van der Waals surface area contributed by atoms with E-state index in [4.69, 9.17) is 0 Å². The van der Waals surface area contributed by atoms with Gasteiger partial charge in [0.15, 0.2) is 0 Å². The minimum atomic E-state index is -0.343. The van der Waals surface area contributed by atoms with Crippen molar-refractivity contribution in [3.63, 3.8) is 0 Å². The highest BCUT2D eigenvalue weighted by molar-refractivity contribution is 14.1. The van der Waals surface area contributed by atoms with Crippen LogP contribution in [0.4, 0.5) is 5.69 Å². The fourth-order valence-corrected chi connectivity index (χ4v) is 2.10. The molecule has 1 atom stereocenters. The van der Waals surface area contributed by atoms with Crippen molar-refractivity contribution in [2.75, 3.05) is 19.5 Å². The molecular weight excluding hydrogens is 359 g/mol. The molecule has 0 aliphatic rings. The Labute approximate surface area is 126 Å². The van der Waals surface area contributed by atoms with Gasteiger partial charge in [-0.3, -0.25) is 9.59 Å². The summed E-state index contributed by atoms with van der Waals surface area (Å²) in [6.07, 6.45) is 0.154. The lowest BCUT2D eigenvalue weighted by molar-refractivity contribution is -0.141. The Hall–Kier alpha value is -1.31. The summed E-state index contributed by atoms with van der Waals surface area (Å²) >= 11 is 2.15. The summed E-state index contributed by atoms with van der Waals surface area (Å²) in [6, 6.07) is 5.29. The summed E-state index contributed by atoms with van der Waals surface area (Å²) < 4.78 is 5.54. The molecule has 0 heterocycles. The van der Waals surface area contributed by atoms with Crippen LogP contribution in [0, 0.1) is 3.57 Å². The molecule has 0 aliphatic heterocycles. The molecule has 1 amide bonds. The Bertz CT molecular complexity index is 477. The maximum absolute atomic E-state index is 12.2. The number of methoxy groups -OCH3 is 1. The average Bonchev–Trinajstić information content (AvgIpc) is 2.38. The van der Waals surface area contributed by atoms with Gasteiger partial charge in [-0.05, 0) is 47.7 Å². The van der Waals surface area contributed by atoms with Gasteiger partial charge in [-0.15, -0.1) is 0 Å². The number of carbonyl (C=O) groups excluding carboxylic acids is 2. The lowest BCUT2D eigenvalue weighted by atomic mass is 10.1. The molecule has 0 aromatic heterocycles. The zero-order chi connectivity index (χ0) is 14.4.